The van der Waals surface area contributed by atoms with Crippen molar-refractivity contribution in [3.8, 4) is 0 Å². The second-order valence-corrected chi connectivity index (χ2v) is 7.24. The van der Waals surface area contributed by atoms with E-state index in [0.717, 1.165) is 5.56 Å². The highest BCUT2D eigenvalue weighted by Gasteiger charge is 2.61. The molecule has 9 heteroatoms. The topological polar surface area (TPSA) is 98.5 Å². The van der Waals surface area contributed by atoms with Gasteiger partial charge in [0.15, 0.2) is 6.29 Å². The highest BCUT2D eigenvalue weighted by molar-refractivity contribution is 5.13. The van der Waals surface area contributed by atoms with Gasteiger partial charge in [0.25, 0.3) is 0 Å². The van der Waals surface area contributed by atoms with E-state index in [1.54, 1.807) is 13.8 Å². The zero-order chi connectivity index (χ0) is 20.4. The van der Waals surface area contributed by atoms with E-state index in [9.17, 15) is 10.1 Å². The van der Waals surface area contributed by atoms with Crippen molar-refractivity contribution in [3.63, 3.8) is 0 Å². The number of rotatable bonds is 7. The molecule has 0 saturated carbocycles. The Bertz CT molecular complexity index is 673. The molecule has 1 aromatic carbocycles. The lowest BCUT2D eigenvalue weighted by molar-refractivity contribution is -0.516. The van der Waals surface area contributed by atoms with Crippen LogP contribution in [0, 0.1) is 16.0 Å². The van der Waals surface area contributed by atoms with Crippen LogP contribution in [0.4, 0.5) is 0 Å². The van der Waals surface area contributed by atoms with Crippen LogP contribution < -0.4 is 0 Å². The van der Waals surface area contributed by atoms with Crippen LogP contribution in [-0.2, 0) is 35.0 Å². The molecule has 0 bridgehead atoms. The summed E-state index contributed by atoms with van der Waals surface area (Å²) in [4.78, 5) is 10.7. The van der Waals surface area contributed by atoms with Crippen LogP contribution >= 0.6 is 0 Å². The van der Waals surface area contributed by atoms with Crippen LogP contribution in [0.3, 0.4) is 0 Å². The maximum Gasteiger partial charge on any atom is 0.220 e. The second kappa shape index (κ2) is 8.40. The molecule has 0 aromatic heterocycles. The number of ether oxygens (including phenoxy) is 6. The molecule has 0 unspecified atom stereocenters. The number of fused-ring (bicyclic) bond motifs is 1. The Balaban J connectivity index is 1.82. The molecule has 0 spiro atoms. The summed E-state index contributed by atoms with van der Waals surface area (Å²) in [6.07, 6.45) is -2.12. The average Bonchev–Trinajstić information content (AvgIpc) is 2.69. The molecule has 2 aliphatic heterocycles. The Morgan fingerprint density at radius 3 is 2.29 bits per heavy atom. The van der Waals surface area contributed by atoms with E-state index in [1.807, 2.05) is 30.3 Å². The van der Waals surface area contributed by atoms with Crippen LogP contribution in [0.15, 0.2) is 30.3 Å². The number of hydrogen-bond acceptors (Lipinski definition) is 8. The molecule has 156 valence electrons. The molecule has 2 fully saturated rings. The van der Waals surface area contributed by atoms with Gasteiger partial charge in [0.1, 0.15) is 12.2 Å². The van der Waals surface area contributed by atoms with Gasteiger partial charge in [-0.25, -0.2) is 0 Å². The highest BCUT2D eigenvalue weighted by Crippen LogP contribution is 2.44. The van der Waals surface area contributed by atoms with Gasteiger partial charge in [-0.1, -0.05) is 30.3 Å². The van der Waals surface area contributed by atoms with Gasteiger partial charge in [-0.2, -0.15) is 0 Å². The Morgan fingerprint density at radius 2 is 1.71 bits per heavy atom. The lowest BCUT2D eigenvalue weighted by Crippen LogP contribution is -2.70. The molecule has 6 atom stereocenters. The molecule has 0 amide bonds. The number of nitrogens with zero attached hydrogens (tertiary/aromatic N) is 1. The summed E-state index contributed by atoms with van der Waals surface area (Å²) in [7, 11) is 2.96. The maximum absolute atomic E-state index is 11.1. The van der Waals surface area contributed by atoms with E-state index >= 15 is 0 Å². The Hall–Kier alpha value is -1.62. The van der Waals surface area contributed by atoms with Gasteiger partial charge in [0.2, 0.25) is 18.1 Å². The van der Waals surface area contributed by atoms with Crippen LogP contribution in [0.2, 0.25) is 0 Å². The van der Waals surface area contributed by atoms with Gasteiger partial charge in [-0.05, 0) is 19.4 Å². The van der Waals surface area contributed by atoms with Gasteiger partial charge >= 0.3 is 0 Å². The zero-order valence-electron chi connectivity index (χ0n) is 16.5. The van der Waals surface area contributed by atoms with Crippen molar-refractivity contribution < 1.29 is 33.3 Å². The van der Waals surface area contributed by atoms with Gasteiger partial charge in [-0.15, -0.1) is 0 Å². The van der Waals surface area contributed by atoms with Gasteiger partial charge < -0.3 is 28.4 Å². The van der Waals surface area contributed by atoms with E-state index in [1.165, 1.54) is 14.2 Å². The Kier molecular flexibility index (Phi) is 6.33. The Morgan fingerprint density at radius 1 is 1.11 bits per heavy atom. The smallest absolute Gasteiger partial charge is 0.220 e. The summed E-state index contributed by atoms with van der Waals surface area (Å²) in [6.45, 7) is 3.50. The van der Waals surface area contributed by atoms with Crippen LogP contribution in [0.25, 0.3) is 0 Å². The molecule has 2 heterocycles. The molecule has 9 nitrogen and oxygen atoms in total. The van der Waals surface area contributed by atoms with E-state index < -0.39 is 36.0 Å². The van der Waals surface area contributed by atoms with E-state index in [-0.39, 0.29) is 18.1 Å². The third-order valence-electron chi connectivity index (χ3n) is 5.50. The van der Waals surface area contributed by atoms with Gasteiger partial charge in [-0.3, -0.25) is 10.1 Å². The summed E-state index contributed by atoms with van der Waals surface area (Å²) in [5, 5.41) is 11.1. The molecule has 2 aliphatic rings. The largest absolute Gasteiger partial charge is 0.349 e. The second-order valence-electron chi connectivity index (χ2n) is 7.24. The van der Waals surface area contributed by atoms with E-state index in [4.69, 9.17) is 28.4 Å². The molecule has 0 aliphatic carbocycles. The molecule has 3 rings (SSSR count). The molecular weight excluding hydrogens is 370 g/mol. The van der Waals surface area contributed by atoms with Crippen molar-refractivity contribution in [1.29, 1.82) is 0 Å². The van der Waals surface area contributed by atoms with Crippen molar-refractivity contribution in [2.45, 2.75) is 50.5 Å². The molecule has 2 saturated heterocycles. The predicted octanol–water partition coefficient (Wildman–Crippen LogP) is 1.96. The minimum absolute atomic E-state index is 0.119. The monoisotopic (exact) mass is 397 g/mol. The van der Waals surface area contributed by atoms with Crippen LogP contribution in [0.1, 0.15) is 19.4 Å². The number of hydrogen-bond donors (Lipinski definition) is 0. The summed E-state index contributed by atoms with van der Waals surface area (Å²) in [5.41, 5.74) is 0.975. The SMILES string of the molecule is CO[C@@]1(C)O[C@@H]2[C@H](C[N+](=O)[O-])CO[C@@H](OCc3ccccc3)[C@H]2O[C@]1(C)OC. The third kappa shape index (κ3) is 4.05. The van der Waals surface area contributed by atoms with Crippen molar-refractivity contribution in [2.24, 2.45) is 5.92 Å². The first-order valence-corrected chi connectivity index (χ1v) is 9.17. The standard InChI is InChI=1S/C19H27NO8/c1-18(23-3)19(2,24-4)28-16-15(27-18)14(10-20(21)22)12-26-17(16)25-11-13-8-6-5-7-9-13/h5-9,14-17H,10-12H2,1-4H3/t14-,15-,16+,17-,18+,19+/m1/s1. The summed E-state index contributed by atoms with van der Waals surface area (Å²) < 4.78 is 35.2. The number of methoxy groups -OCH3 is 2. The summed E-state index contributed by atoms with van der Waals surface area (Å²) in [5.74, 6) is -3.01. The van der Waals surface area contributed by atoms with Crippen LogP contribution in [0.5, 0.6) is 0 Å². The Labute approximate surface area is 163 Å². The zero-order valence-corrected chi connectivity index (χ0v) is 16.5. The van der Waals surface area contributed by atoms with Crippen molar-refractivity contribution >= 4 is 0 Å². The van der Waals surface area contributed by atoms with E-state index in [0.29, 0.717) is 6.61 Å². The van der Waals surface area contributed by atoms with Crippen molar-refractivity contribution in [3.05, 3.63) is 46.0 Å². The molecular formula is C19H27NO8. The summed E-state index contributed by atoms with van der Waals surface area (Å²) >= 11 is 0. The summed E-state index contributed by atoms with van der Waals surface area (Å²) in [6, 6.07) is 9.64. The van der Waals surface area contributed by atoms with Crippen LogP contribution in [-0.4, -0.2) is 62.4 Å². The molecule has 28 heavy (non-hydrogen) atoms. The molecule has 1 aromatic rings. The predicted molar refractivity (Wildman–Crippen MR) is 96.9 cm³/mol. The first-order chi connectivity index (χ1) is 13.3. The first-order valence-electron chi connectivity index (χ1n) is 9.17. The fourth-order valence-electron chi connectivity index (χ4n) is 3.56. The fraction of sp³-hybridized carbons (Fsp3) is 0.684. The van der Waals surface area contributed by atoms with Gasteiger partial charge in [0.05, 0.1) is 19.1 Å². The minimum atomic E-state index is -1.25. The average molecular weight is 397 g/mol. The quantitative estimate of drug-likeness (QED) is 0.509. The minimum Gasteiger partial charge on any atom is -0.349 e. The van der Waals surface area contributed by atoms with Crippen molar-refractivity contribution in [2.75, 3.05) is 27.4 Å². The normalized spacial score (nSPS) is 38.0. The maximum atomic E-state index is 11.1. The number of benzene rings is 1. The van der Waals surface area contributed by atoms with Gasteiger partial charge in [0, 0.05) is 19.1 Å². The lowest BCUT2D eigenvalue weighted by atomic mass is 9.91. The highest BCUT2D eigenvalue weighted by atomic mass is 16.8. The molecule has 0 N–H and O–H groups in total. The van der Waals surface area contributed by atoms with E-state index in [2.05, 4.69) is 0 Å². The fourth-order valence-corrected chi connectivity index (χ4v) is 3.56. The molecule has 0 radical (unpaired) electrons. The third-order valence-corrected chi connectivity index (χ3v) is 5.50. The van der Waals surface area contributed by atoms with Crippen molar-refractivity contribution in [1.82, 2.24) is 0 Å². The lowest BCUT2D eigenvalue weighted by Gasteiger charge is -2.55. The first kappa shape index (κ1) is 21.1. The number of nitro groups is 1.